The van der Waals surface area contributed by atoms with Crippen LogP contribution in [0, 0.1) is 0 Å². The highest BCUT2D eigenvalue weighted by atomic mass is 32.1. The minimum Gasteiger partial charge on any atom is -0.367 e. The number of carbonyl (C=O) groups excluding carboxylic acids is 1. The number of morpholine rings is 1. The summed E-state index contributed by atoms with van der Waals surface area (Å²) in [5, 5.41) is 9.82. The van der Waals surface area contributed by atoms with Crippen LogP contribution >= 0.6 is 22.7 Å². The van der Waals surface area contributed by atoms with Crippen LogP contribution in [-0.2, 0) is 4.74 Å². The van der Waals surface area contributed by atoms with E-state index in [1.807, 2.05) is 17.2 Å². The summed E-state index contributed by atoms with van der Waals surface area (Å²) in [5.41, 5.74) is 2.27. The van der Waals surface area contributed by atoms with Gasteiger partial charge in [0.25, 0.3) is 0 Å². The van der Waals surface area contributed by atoms with Crippen molar-refractivity contribution in [3.8, 4) is 0 Å². The van der Waals surface area contributed by atoms with E-state index >= 15 is 0 Å². The summed E-state index contributed by atoms with van der Waals surface area (Å²) in [4.78, 5) is 18.9. The van der Waals surface area contributed by atoms with E-state index in [2.05, 4.69) is 27.1 Å². The van der Waals surface area contributed by atoms with Crippen LogP contribution in [0.25, 0.3) is 0 Å². The number of carbonyl (C=O) groups is 1. The maximum Gasteiger partial charge on any atom is 0.323 e. The van der Waals surface area contributed by atoms with Gasteiger partial charge in [-0.1, -0.05) is 0 Å². The zero-order valence-electron chi connectivity index (χ0n) is 12.9. The Balaban J connectivity index is 1.42. The second-order valence-electron chi connectivity index (χ2n) is 6.18. The highest BCUT2D eigenvalue weighted by Gasteiger charge is 2.30. The lowest BCUT2D eigenvalue weighted by atomic mass is 10.1. The van der Waals surface area contributed by atoms with Gasteiger partial charge in [0.2, 0.25) is 0 Å². The zero-order valence-corrected chi connectivity index (χ0v) is 14.5. The predicted molar refractivity (Wildman–Crippen MR) is 92.3 cm³/mol. The number of thiophene rings is 1. The van der Waals surface area contributed by atoms with Crippen molar-refractivity contribution in [2.75, 3.05) is 18.4 Å². The third-order valence-electron chi connectivity index (χ3n) is 4.19. The van der Waals surface area contributed by atoms with E-state index in [4.69, 9.17) is 4.74 Å². The highest BCUT2D eigenvalue weighted by molar-refractivity contribution is 7.13. The Morgan fingerprint density at radius 1 is 1.39 bits per heavy atom. The van der Waals surface area contributed by atoms with Crippen molar-refractivity contribution in [1.82, 2.24) is 9.88 Å². The normalized spacial score (nSPS) is 24.7. The maximum atomic E-state index is 12.6. The van der Waals surface area contributed by atoms with Gasteiger partial charge < -0.3 is 9.64 Å². The molecule has 1 N–H and O–H groups in total. The van der Waals surface area contributed by atoms with E-state index in [1.165, 1.54) is 24.2 Å². The van der Waals surface area contributed by atoms with E-state index in [0.29, 0.717) is 24.1 Å². The number of urea groups is 1. The Morgan fingerprint density at radius 3 is 3.00 bits per heavy atom. The Bertz CT molecular complexity index is 681. The van der Waals surface area contributed by atoms with E-state index in [1.54, 1.807) is 11.3 Å². The summed E-state index contributed by atoms with van der Waals surface area (Å²) in [7, 11) is 0. The third kappa shape index (κ3) is 3.41. The minimum atomic E-state index is -0.0860. The second kappa shape index (κ2) is 6.22. The van der Waals surface area contributed by atoms with Crippen molar-refractivity contribution in [2.24, 2.45) is 0 Å². The maximum absolute atomic E-state index is 12.6. The molecule has 23 heavy (non-hydrogen) atoms. The van der Waals surface area contributed by atoms with Crippen molar-refractivity contribution in [3.05, 3.63) is 33.5 Å². The minimum absolute atomic E-state index is 0.0257. The molecule has 5 nitrogen and oxygen atoms in total. The molecule has 2 aliphatic rings. The van der Waals surface area contributed by atoms with Gasteiger partial charge in [-0.3, -0.25) is 5.32 Å². The molecule has 1 aliphatic carbocycles. The Kier molecular flexibility index (Phi) is 4.09. The van der Waals surface area contributed by atoms with Crippen LogP contribution in [-0.4, -0.2) is 35.1 Å². The molecule has 0 aromatic carbocycles. The standard InChI is InChI=1S/C16H19N3O2S2/c1-10-6-19(7-14(21-10)12-4-5-22-8-12)16(20)18-15-17-13(9-23-15)11-2-3-11/h4-5,8-11,14H,2-3,6-7H2,1H3,(H,17,18,20)/t10-,14+/m1/s1. The highest BCUT2D eigenvalue weighted by Crippen LogP contribution is 2.41. The number of thiazole rings is 1. The lowest BCUT2D eigenvalue weighted by Gasteiger charge is -2.36. The smallest absolute Gasteiger partial charge is 0.323 e. The van der Waals surface area contributed by atoms with Crippen molar-refractivity contribution < 1.29 is 9.53 Å². The molecule has 2 aromatic rings. The summed E-state index contributed by atoms with van der Waals surface area (Å²) >= 11 is 3.16. The lowest BCUT2D eigenvalue weighted by Crippen LogP contribution is -2.47. The number of nitrogens with zero attached hydrogens (tertiary/aromatic N) is 2. The Labute approximate surface area is 143 Å². The summed E-state index contributed by atoms with van der Waals surface area (Å²) in [6, 6.07) is 1.98. The molecule has 2 fully saturated rings. The fourth-order valence-electron chi connectivity index (χ4n) is 2.84. The fraction of sp³-hybridized carbons (Fsp3) is 0.500. The summed E-state index contributed by atoms with van der Waals surface area (Å²) in [6.07, 6.45) is 2.42. The largest absolute Gasteiger partial charge is 0.367 e. The van der Waals surface area contributed by atoms with Gasteiger partial charge in [0.15, 0.2) is 5.13 Å². The van der Waals surface area contributed by atoms with Gasteiger partial charge in [-0.05, 0) is 42.2 Å². The molecular weight excluding hydrogens is 330 g/mol. The fourth-order valence-corrected chi connectivity index (χ4v) is 4.32. The molecule has 2 aromatic heterocycles. The average molecular weight is 349 g/mol. The molecule has 4 rings (SSSR count). The van der Waals surface area contributed by atoms with Gasteiger partial charge in [0.05, 0.1) is 18.3 Å². The SMILES string of the molecule is C[C@@H]1CN(C(=O)Nc2nc(C3CC3)cs2)C[C@@H](c2ccsc2)O1. The Morgan fingerprint density at radius 2 is 2.26 bits per heavy atom. The first-order valence-electron chi connectivity index (χ1n) is 7.88. The van der Waals surface area contributed by atoms with Gasteiger partial charge in [0.1, 0.15) is 6.10 Å². The molecule has 2 atom stereocenters. The molecule has 7 heteroatoms. The molecule has 0 radical (unpaired) electrons. The summed E-state index contributed by atoms with van der Waals surface area (Å²) < 4.78 is 5.98. The number of anilines is 1. The first kappa shape index (κ1) is 15.1. The molecule has 0 spiro atoms. The number of ether oxygens (including phenoxy) is 1. The number of nitrogens with one attached hydrogen (secondary N) is 1. The van der Waals surface area contributed by atoms with Crippen LogP contribution in [0.15, 0.2) is 22.2 Å². The first-order valence-corrected chi connectivity index (χ1v) is 9.70. The predicted octanol–water partition coefficient (Wildman–Crippen LogP) is 4.08. The number of aromatic nitrogens is 1. The molecule has 2 amide bonds. The molecule has 122 valence electrons. The summed E-state index contributed by atoms with van der Waals surface area (Å²) in [6.45, 7) is 3.19. The molecule has 1 aliphatic heterocycles. The van der Waals surface area contributed by atoms with Crippen LogP contribution in [0.2, 0.25) is 0 Å². The summed E-state index contributed by atoms with van der Waals surface area (Å²) in [5.74, 6) is 0.614. The van der Waals surface area contributed by atoms with Gasteiger partial charge in [-0.25, -0.2) is 9.78 Å². The van der Waals surface area contributed by atoms with E-state index in [0.717, 1.165) is 11.3 Å². The average Bonchev–Trinajstić information content (AvgIpc) is 3.05. The topological polar surface area (TPSA) is 54.5 Å². The monoisotopic (exact) mass is 349 g/mol. The molecule has 0 unspecified atom stereocenters. The van der Waals surface area contributed by atoms with Gasteiger partial charge >= 0.3 is 6.03 Å². The number of hydrogen-bond donors (Lipinski definition) is 1. The van der Waals surface area contributed by atoms with Crippen molar-refractivity contribution in [3.63, 3.8) is 0 Å². The van der Waals surface area contributed by atoms with Crippen molar-refractivity contribution >= 4 is 33.8 Å². The quantitative estimate of drug-likeness (QED) is 0.908. The number of rotatable bonds is 3. The van der Waals surface area contributed by atoms with Crippen molar-refractivity contribution in [2.45, 2.75) is 37.9 Å². The molecule has 0 bridgehead atoms. The van der Waals surface area contributed by atoms with Gasteiger partial charge in [0, 0.05) is 17.8 Å². The van der Waals surface area contributed by atoms with Crippen LogP contribution in [0.3, 0.4) is 0 Å². The van der Waals surface area contributed by atoms with E-state index in [9.17, 15) is 4.79 Å². The first-order chi connectivity index (χ1) is 11.2. The van der Waals surface area contributed by atoms with Gasteiger partial charge in [-0.2, -0.15) is 11.3 Å². The van der Waals surface area contributed by atoms with E-state index < -0.39 is 0 Å². The van der Waals surface area contributed by atoms with Crippen LogP contribution in [0.1, 0.15) is 43.0 Å². The van der Waals surface area contributed by atoms with Crippen LogP contribution in [0.4, 0.5) is 9.93 Å². The lowest BCUT2D eigenvalue weighted by molar-refractivity contribution is -0.0640. The van der Waals surface area contributed by atoms with Gasteiger partial charge in [-0.15, -0.1) is 11.3 Å². The molecule has 1 saturated carbocycles. The number of hydrogen-bond acceptors (Lipinski definition) is 5. The second-order valence-corrected chi connectivity index (χ2v) is 7.82. The van der Waals surface area contributed by atoms with Crippen molar-refractivity contribution in [1.29, 1.82) is 0 Å². The van der Waals surface area contributed by atoms with Crippen LogP contribution < -0.4 is 5.32 Å². The number of amides is 2. The van der Waals surface area contributed by atoms with E-state index in [-0.39, 0.29) is 18.2 Å². The Hall–Kier alpha value is -1.44. The molecule has 3 heterocycles. The zero-order chi connectivity index (χ0) is 15.8. The third-order valence-corrected chi connectivity index (χ3v) is 5.67. The van der Waals surface area contributed by atoms with Crippen LogP contribution in [0.5, 0.6) is 0 Å². The molecular formula is C16H19N3O2S2. The molecule has 1 saturated heterocycles.